The van der Waals surface area contributed by atoms with Crippen molar-refractivity contribution in [1.82, 2.24) is 5.32 Å². The van der Waals surface area contributed by atoms with Crippen LogP contribution < -0.4 is 5.32 Å². The zero-order valence-electron chi connectivity index (χ0n) is 10.1. The number of ether oxygens (including phenoxy) is 1. The van der Waals surface area contributed by atoms with Gasteiger partial charge < -0.3 is 10.1 Å². The van der Waals surface area contributed by atoms with E-state index in [0.717, 1.165) is 12.1 Å². The van der Waals surface area contributed by atoms with Gasteiger partial charge in [0.2, 0.25) is 0 Å². The molecule has 0 aliphatic heterocycles. The third-order valence-corrected chi connectivity index (χ3v) is 2.31. The predicted octanol–water partition coefficient (Wildman–Crippen LogP) is 1.90. The number of benzene rings is 1. The van der Waals surface area contributed by atoms with Crippen LogP contribution in [0.2, 0.25) is 0 Å². The smallest absolute Gasteiger partial charge is 0.309 e. The summed E-state index contributed by atoms with van der Waals surface area (Å²) in [6.45, 7) is 5.09. The maximum Gasteiger partial charge on any atom is 0.309 e. The number of esters is 1. The summed E-state index contributed by atoms with van der Waals surface area (Å²) >= 11 is 0. The molecule has 0 aliphatic rings. The molecule has 0 amide bonds. The Hall–Kier alpha value is -1.35. The van der Waals surface area contributed by atoms with E-state index in [2.05, 4.69) is 23.9 Å². The molecule has 1 aromatic rings. The lowest BCUT2D eigenvalue weighted by Crippen LogP contribution is -2.21. The summed E-state index contributed by atoms with van der Waals surface area (Å²) in [5, 5.41) is 3.34. The van der Waals surface area contributed by atoms with Crippen LogP contribution in [0.4, 0.5) is 0 Å². The van der Waals surface area contributed by atoms with Gasteiger partial charge in [-0.05, 0) is 11.1 Å². The lowest BCUT2D eigenvalue weighted by molar-refractivity contribution is -0.139. The van der Waals surface area contributed by atoms with Crippen LogP contribution in [0.1, 0.15) is 25.0 Å². The Morgan fingerprint density at radius 3 is 2.31 bits per heavy atom. The topological polar surface area (TPSA) is 38.3 Å². The lowest BCUT2D eigenvalue weighted by atomic mass is 10.1. The molecule has 0 fully saturated rings. The molecule has 0 aromatic heterocycles. The van der Waals surface area contributed by atoms with Gasteiger partial charge in [-0.2, -0.15) is 0 Å². The summed E-state index contributed by atoms with van der Waals surface area (Å²) in [4.78, 5) is 11.0. The average molecular weight is 221 g/mol. The van der Waals surface area contributed by atoms with Gasteiger partial charge in [0.1, 0.15) is 0 Å². The fraction of sp³-hybridized carbons (Fsp3) is 0.462. The first-order valence-corrected chi connectivity index (χ1v) is 5.50. The van der Waals surface area contributed by atoms with Crippen molar-refractivity contribution >= 4 is 5.97 Å². The Balaban J connectivity index is 2.51. The van der Waals surface area contributed by atoms with Crippen LogP contribution in [0.5, 0.6) is 0 Å². The van der Waals surface area contributed by atoms with E-state index in [-0.39, 0.29) is 5.97 Å². The van der Waals surface area contributed by atoms with Crippen molar-refractivity contribution in [2.45, 2.75) is 32.9 Å². The van der Waals surface area contributed by atoms with Crippen LogP contribution in [0.25, 0.3) is 0 Å². The molecule has 0 saturated heterocycles. The quantitative estimate of drug-likeness (QED) is 0.772. The third kappa shape index (κ3) is 4.45. The third-order valence-electron chi connectivity index (χ3n) is 2.31. The molecule has 1 rings (SSSR count). The summed E-state index contributed by atoms with van der Waals surface area (Å²) in [5.41, 5.74) is 2.21. The summed E-state index contributed by atoms with van der Waals surface area (Å²) in [6.07, 6.45) is 0.342. The minimum absolute atomic E-state index is 0.201. The fourth-order valence-electron chi connectivity index (χ4n) is 1.34. The van der Waals surface area contributed by atoms with Crippen LogP contribution in [-0.4, -0.2) is 19.1 Å². The molecule has 0 radical (unpaired) electrons. The largest absolute Gasteiger partial charge is 0.469 e. The van der Waals surface area contributed by atoms with Gasteiger partial charge in [-0.1, -0.05) is 38.1 Å². The molecule has 0 atom stereocenters. The van der Waals surface area contributed by atoms with E-state index in [1.165, 1.54) is 12.7 Å². The SMILES string of the molecule is COC(=O)Cc1ccc(CNC(C)C)cc1. The first-order chi connectivity index (χ1) is 7.61. The highest BCUT2D eigenvalue weighted by Gasteiger charge is 2.02. The Morgan fingerprint density at radius 1 is 1.25 bits per heavy atom. The van der Waals surface area contributed by atoms with Gasteiger partial charge in [0.15, 0.2) is 0 Å². The zero-order valence-corrected chi connectivity index (χ0v) is 10.1. The summed E-state index contributed by atoms with van der Waals surface area (Å²) < 4.78 is 4.61. The van der Waals surface area contributed by atoms with Gasteiger partial charge in [0.05, 0.1) is 13.5 Å². The molecule has 16 heavy (non-hydrogen) atoms. The number of hydrogen-bond acceptors (Lipinski definition) is 3. The van der Waals surface area contributed by atoms with Crippen molar-refractivity contribution in [3.8, 4) is 0 Å². The molecular formula is C13H19NO2. The molecule has 0 unspecified atom stereocenters. The number of rotatable bonds is 5. The van der Waals surface area contributed by atoms with Crippen LogP contribution in [0.15, 0.2) is 24.3 Å². The molecule has 0 heterocycles. The number of carbonyl (C=O) groups is 1. The number of methoxy groups -OCH3 is 1. The number of hydrogen-bond donors (Lipinski definition) is 1. The van der Waals surface area contributed by atoms with E-state index in [0.29, 0.717) is 12.5 Å². The second-order valence-electron chi connectivity index (χ2n) is 4.11. The van der Waals surface area contributed by atoms with Gasteiger partial charge in [0.25, 0.3) is 0 Å². The summed E-state index contributed by atoms with van der Waals surface area (Å²) in [6, 6.07) is 8.49. The van der Waals surface area contributed by atoms with Gasteiger partial charge in [-0.3, -0.25) is 4.79 Å². The predicted molar refractivity (Wildman–Crippen MR) is 64.1 cm³/mol. The minimum atomic E-state index is -0.201. The van der Waals surface area contributed by atoms with Crippen molar-refractivity contribution < 1.29 is 9.53 Å². The van der Waals surface area contributed by atoms with Crippen molar-refractivity contribution in [3.05, 3.63) is 35.4 Å². The Bertz CT molecular complexity index is 330. The minimum Gasteiger partial charge on any atom is -0.469 e. The highest BCUT2D eigenvalue weighted by atomic mass is 16.5. The lowest BCUT2D eigenvalue weighted by Gasteiger charge is -2.08. The molecule has 1 aromatic carbocycles. The Morgan fingerprint density at radius 2 is 1.81 bits per heavy atom. The van der Waals surface area contributed by atoms with Crippen molar-refractivity contribution in [2.24, 2.45) is 0 Å². The standard InChI is InChI=1S/C13H19NO2/c1-10(2)14-9-12-6-4-11(5-7-12)8-13(15)16-3/h4-7,10,14H,8-9H2,1-3H3. The van der Waals surface area contributed by atoms with Gasteiger partial charge in [-0.25, -0.2) is 0 Å². The Kier molecular flexibility index (Phi) is 4.99. The van der Waals surface area contributed by atoms with E-state index in [9.17, 15) is 4.79 Å². The highest BCUT2D eigenvalue weighted by molar-refractivity contribution is 5.72. The summed E-state index contributed by atoms with van der Waals surface area (Å²) in [5.74, 6) is -0.201. The van der Waals surface area contributed by atoms with Crippen molar-refractivity contribution in [3.63, 3.8) is 0 Å². The van der Waals surface area contributed by atoms with Gasteiger partial charge in [0, 0.05) is 12.6 Å². The average Bonchev–Trinajstić information content (AvgIpc) is 2.28. The van der Waals surface area contributed by atoms with Crippen LogP contribution >= 0.6 is 0 Å². The molecule has 3 heteroatoms. The number of carbonyl (C=O) groups excluding carboxylic acids is 1. The van der Waals surface area contributed by atoms with Crippen LogP contribution in [0, 0.1) is 0 Å². The molecule has 88 valence electrons. The molecule has 0 bridgehead atoms. The van der Waals surface area contributed by atoms with E-state index >= 15 is 0 Å². The maximum absolute atomic E-state index is 11.0. The second kappa shape index (κ2) is 6.28. The molecule has 0 spiro atoms. The molecule has 3 nitrogen and oxygen atoms in total. The summed E-state index contributed by atoms with van der Waals surface area (Å²) in [7, 11) is 1.41. The van der Waals surface area contributed by atoms with E-state index < -0.39 is 0 Å². The van der Waals surface area contributed by atoms with Crippen molar-refractivity contribution in [2.75, 3.05) is 7.11 Å². The highest BCUT2D eigenvalue weighted by Crippen LogP contribution is 2.06. The van der Waals surface area contributed by atoms with E-state index in [1.807, 2.05) is 24.3 Å². The fourth-order valence-corrected chi connectivity index (χ4v) is 1.34. The maximum atomic E-state index is 11.0. The molecule has 0 aliphatic carbocycles. The zero-order chi connectivity index (χ0) is 12.0. The van der Waals surface area contributed by atoms with E-state index in [4.69, 9.17) is 0 Å². The molecule has 1 N–H and O–H groups in total. The first-order valence-electron chi connectivity index (χ1n) is 5.50. The first kappa shape index (κ1) is 12.7. The molecule has 0 saturated carbocycles. The molecular weight excluding hydrogens is 202 g/mol. The number of nitrogens with one attached hydrogen (secondary N) is 1. The van der Waals surface area contributed by atoms with Crippen molar-refractivity contribution in [1.29, 1.82) is 0 Å². The van der Waals surface area contributed by atoms with E-state index in [1.54, 1.807) is 0 Å². The monoisotopic (exact) mass is 221 g/mol. The van der Waals surface area contributed by atoms with Crippen LogP contribution in [-0.2, 0) is 22.5 Å². The van der Waals surface area contributed by atoms with Crippen LogP contribution in [0.3, 0.4) is 0 Å². The second-order valence-corrected chi connectivity index (χ2v) is 4.11. The van der Waals surface area contributed by atoms with Gasteiger partial charge >= 0.3 is 5.97 Å². The Labute approximate surface area is 96.8 Å². The van der Waals surface area contributed by atoms with Gasteiger partial charge in [-0.15, -0.1) is 0 Å². The normalized spacial score (nSPS) is 10.5.